The highest BCUT2D eigenvalue weighted by Crippen LogP contribution is 2.04. The van der Waals surface area contributed by atoms with Gasteiger partial charge in [0.15, 0.2) is 0 Å². The van der Waals surface area contributed by atoms with Crippen molar-refractivity contribution in [3.05, 3.63) is 0 Å². The van der Waals surface area contributed by atoms with Crippen LogP contribution in [0.3, 0.4) is 0 Å². The third kappa shape index (κ3) is 7.89. The standard InChI is InChI=1S/C12H24N2O4/c1-9(2)7-10(3)13-12(17)14(5-6-18-4)8-11(15)16/h9-10H,5-8H2,1-4H3,(H,13,17)(H,15,16). The zero-order chi connectivity index (χ0) is 14.1. The minimum Gasteiger partial charge on any atom is -0.480 e. The van der Waals surface area contributed by atoms with Crippen LogP contribution >= 0.6 is 0 Å². The number of carbonyl (C=O) groups is 2. The first kappa shape index (κ1) is 16.7. The van der Waals surface area contributed by atoms with E-state index in [4.69, 9.17) is 9.84 Å². The molecular weight excluding hydrogens is 236 g/mol. The highest BCUT2D eigenvalue weighted by atomic mass is 16.5. The Morgan fingerprint density at radius 1 is 1.33 bits per heavy atom. The Morgan fingerprint density at radius 2 is 1.94 bits per heavy atom. The maximum absolute atomic E-state index is 11.9. The summed E-state index contributed by atoms with van der Waals surface area (Å²) in [5, 5.41) is 11.5. The minimum absolute atomic E-state index is 0.0244. The molecule has 0 spiro atoms. The summed E-state index contributed by atoms with van der Waals surface area (Å²) in [6.45, 7) is 6.32. The summed E-state index contributed by atoms with van der Waals surface area (Å²) in [6.07, 6.45) is 0.858. The van der Waals surface area contributed by atoms with Gasteiger partial charge in [0.25, 0.3) is 0 Å². The number of rotatable bonds is 8. The van der Waals surface area contributed by atoms with Crippen LogP contribution in [-0.2, 0) is 9.53 Å². The van der Waals surface area contributed by atoms with E-state index >= 15 is 0 Å². The van der Waals surface area contributed by atoms with Crippen molar-refractivity contribution in [2.45, 2.75) is 33.2 Å². The zero-order valence-corrected chi connectivity index (χ0v) is 11.6. The van der Waals surface area contributed by atoms with E-state index in [2.05, 4.69) is 19.2 Å². The van der Waals surface area contributed by atoms with Crippen molar-refractivity contribution in [1.82, 2.24) is 10.2 Å². The maximum Gasteiger partial charge on any atom is 0.323 e. The lowest BCUT2D eigenvalue weighted by atomic mass is 10.1. The number of carboxylic acid groups (broad SMARTS) is 1. The van der Waals surface area contributed by atoms with Gasteiger partial charge in [0.2, 0.25) is 0 Å². The molecule has 2 amide bonds. The molecule has 0 bridgehead atoms. The van der Waals surface area contributed by atoms with E-state index in [0.29, 0.717) is 12.5 Å². The minimum atomic E-state index is -1.03. The number of nitrogens with zero attached hydrogens (tertiary/aromatic N) is 1. The van der Waals surface area contributed by atoms with Crippen molar-refractivity contribution < 1.29 is 19.4 Å². The molecular formula is C12H24N2O4. The first-order valence-electron chi connectivity index (χ1n) is 6.13. The third-order valence-electron chi connectivity index (χ3n) is 2.37. The summed E-state index contributed by atoms with van der Waals surface area (Å²) in [4.78, 5) is 23.8. The molecule has 0 heterocycles. The Balaban J connectivity index is 4.30. The molecule has 0 saturated carbocycles. The van der Waals surface area contributed by atoms with Gasteiger partial charge < -0.3 is 20.1 Å². The fraction of sp³-hybridized carbons (Fsp3) is 0.833. The van der Waals surface area contributed by atoms with Crippen LogP contribution in [0, 0.1) is 5.92 Å². The fourth-order valence-corrected chi connectivity index (χ4v) is 1.69. The molecule has 0 aliphatic carbocycles. The Morgan fingerprint density at radius 3 is 2.39 bits per heavy atom. The number of ether oxygens (including phenoxy) is 1. The molecule has 0 aliphatic heterocycles. The van der Waals surface area contributed by atoms with Gasteiger partial charge in [-0.1, -0.05) is 13.8 Å². The SMILES string of the molecule is COCCN(CC(=O)O)C(=O)NC(C)CC(C)C. The predicted molar refractivity (Wildman–Crippen MR) is 68.5 cm³/mol. The average molecular weight is 260 g/mol. The smallest absolute Gasteiger partial charge is 0.323 e. The number of nitrogens with one attached hydrogen (secondary N) is 1. The Kier molecular flexibility index (Phi) is 8.11. The van der Waals surface area contributed by atoms with Gasteiger partial charge in [-0.15, -0.1) is 0 Å². The molecule has 0 aromatic carbocycles. The summed E-state index contributed by atoms with van der Waals surface area (Å²) in [6, 6.07) is -0.334. The zero-order valence-electron chi connectivity index (χ0n) is 11.6. The summed E-state index contributed by atoms with van der Waals surface area (Å²) >= 11 is 0. The van der Waals surface area contributed by atoms with Gasteiger partial charge in [-0.05, 0) is 19.3 Å². The first-order chi connectivity index (χ1) is 8.36. The van der Waals surface area contributed by atoms with Crippen LogP contribution in [0.25, 0.3) is 0 Å². The lowest BCUT2D eigenvalue weighted by Crippen LogP contribution is -2.47. The summed E-state index contributed by atoms with van der Waals surface area (Å²) in [5.41, 5.74) is 0. The van der Waals surface area contributed by atoms with E-state index in [1.165, 1.54) is 12.0 Å². The van der Waals surface area contributed by atoms with Crippen molar-refractivity contribution in [3.63, 3.8) is 0 Å². The molecule has 0 saturated heterocycles. The van der Waals surface area contributed by atoms with Crippen LogP contribution in [0.1, 0.15) is 27.2 Å². The number of amides is 2. The Labute approximate surface area is 108 Å². The van der Waals surface area contributed by atoms with Crippen LogP contribution in [-0.4, -0.2) is 54.9 Å². The van der Waals surface area contributed by atoms with Crippen molar-refractivity contribution in [2.24, 2.45) is 5.92 Å². The van der Waals surface area contributed by atoms with Gasteiger partial charge >= 0.3 is 12.0 Å². The Hall–Kier alpha value is -1.30. The van der Waals surface area contributed by atoms with Gasteiger partial charge in [0.1, 0.15) is 6.54 Å². The number of carbonyl (C=O) groups excluding carboxylic acids is 1. The van der Waals surface area contributed by atoms with Gasteiger partial charge in [-0.3, -0.25) is 4.79 Å². The predicted octanol–water partition coefficient (Wildman–Crippen LogP) is 1.16. The number of carboxylic acids is 1. The van der Waals surface area contributed by atoms with Crippen molar-refractivity contribution in [2.75, 3.05) is 26.8 Å². The molecule has 2 N–H and O–H groups in total. The molecule has 0 radical (unpaired) electrons. The molecule has 106 valence electrons. The molecule has 1 unspecified atom stereocenters. The molecule has 6 nitrogen and oxygen atoms in total. The number of urea groups is 1. The van der Waals surface area contributed by atoms with E-state index in [0.717, 1.165) is 6.42 Å². The summed E-state index contributed by atoms with van der Waals surface area (Å²) < 4.78 is 4.86. The van der Waals surface area contributed by atoms with Gasteiger partial charge in [0.05, 0.1) is 6.61 Å². The number of hydrogen-bond acceptors (Lipinski definition) is 3. The quantitative estimate of drug-likeness (QED) is 0.686. The number of methoxy groups -OCH3 is 1. The third-order valence-corrected chi connectivity index (χ3v) is 2.37. The van der Waals surface area contributed by atoms with Crippen LogP contribution in [0.2, 0.25) is 0 Å². The van der Waals surface area contributed by atoms with E-state index in [9.17, 15) is 9.59 Å². The largest absolute Gasteiger partial charge is 0.480 e. The molecule has 6 heteroatoms. The fourth-order valence-electron chi connectivity index (χ4n) is 1.69. The monoisotopic (exact) mass is 260 g/mol. The van der Waals surface area contributed by atoms with Gasteiger partial charge in [-0.2, -0.15) is 0 Å². The van der Waals surface area contributed by atoms with Crippen LogP contribution in [0.4, 0.5) is 4.79 Å². The Bertz CT molecular complexity index is 269. The number of aliphatic carboxylic acids is 1. The molecule has 0 aliphatic rings. The van der Waals surface area contributed by atoms with Crippen molar-refractivity contribution in [3.8, 4) is 0 Å². The highest BCUT2D eigenvalue weighted by molar-refractivity contribution is 5.80. The van der Waals surface area contributed by atoms with E-state index in [-0.39, 0.29) is 25.2 Å². The molecule has 0 aromatic rings. The van der Waals surface area contributed by atoms with E-state index in [1.807, 2.05) is 6.92 Å². The first-order valence-corrected chi connectivity index (χ1v) is 6.13. The summed E-state index contributed by atoms with van der Waals surface area (Å²) in [7, 11) is 1.51. The summed E-state index contributed by atoms with van der Waals surface area (Å²) in [5.74, 6) is -0.551. The average Bonchev–Trinajstić information content (AvgIpc) is 2.22. The lowest BCUT2D eigenvalue weighted by molar-refractivity contribution is -0.137. The van der Waals surface area contributed by atoms with Gasteiger partial charge in [-0.25, -0.2) is 4.79 Å². The van der Waals surface area contributed by atoms with Crippen LogP contribution in [0.15, 0.2) is 0 Å². The lowest BCUT2D eigenvalue weighted by Gasteiger charge is -2.24. The second-order valence-electron chi connectivity index (χ2n) is 4.79. The van der Waals surface area contributed by atoms with Crippen molar-refractivity contribution >= 4 is 12.0 Å². The van der Waals surface area contributed by atoms with E-state index in [1.54, 1.807) is 0 Å². The normalized spacial score (nSPS) is 12.3. The highest BCUT2D eigenvalue weighted by Gasteiger charge is 2.18. The van der Waals surface area contributed by atoms with E-state index < -0.39 is 5.97 Å². The van der Waals surface area contributed by atoms with Gasteiger partial charge in [0, 0.05) is 19.7 Å². The second kappa shape index (κ2) is 8.74. The molecule has 18 heavy (non-hydrogen) atoms. The molecule has 1 atom stereocenters. The van der Waals surface area contributed by atoms with Crippen molar-refractivity contribution in [1.29, 1.82) is 0 Å². The topological polar surface area (TPSA) is 78.9 Å². The molecule has 0 aromatic heterocycles. The van der Waals surface area contributed by atoms with Crippen LogP contribution < -0.4 is 5.32 Å². The maximum atomic E-state index is 11.9. The second-order valence-corrected chi connectivity index (χ2v) is 4.79. The molecule has 0 rings (SSSR count). The van der Waals surface area contributed by atoms with Crippen LogP contribution in [0.5, 0.6) is 0 Å². The molecule has 0 fully saturated rings. The number of hydrogen-bond donors (Lipinski definition) is 2.